The molecule has 154 valence electrons. The molecule has 0 aliphatic heterocycles. The molecule has 0 spiro atoms. The van der Waals surface area contributed by atoms with Crippen LogP contribution in [0, 0.1) is 13.8 Å². The average molecular weight is 385 g/mol. The molecule has 0 aliphatic rings. The molecule has 4 nitrogen and oxygen atoms in total. The SMILES string of the molecule is Cc1cc[n+](CCCCCCCCCCCC[n+]2ccc(C)cc2N)c(N)c1. The third-order valence-electron chi connectivity index (χ3n) is 5.50. The van der Waals surface area contributed by atoms with Crippen LogP contribution < -0.4 is 20.6 Å². The van der Waals surface area contributed by atoms with Gasteiger partial charge >= 0.3 is 0 Å². The molecule has 4 N–H and O–H groups in total. The number of unbranched alkanes of at least 4 members (excludes halogenated alkanes) is 9. The van der Waals surface area contributed by atoms with E-state index in [0.717, 1.165) is 24.7 Å². The van der Waals surface area contributed by atoms with Gasteiger partial charge in [-0.3, -0.25) is 11.5 Å². The van der Waals surface area contributed by atoms with E-state index in [0.29, 0.717) is 0 Å². The minimum atomic E-state index is 0.878. The zero-order valence-corrected chi connectivity index (χ0v) is 18.0. The number of anilines is 2. The van der Waals surface area contributed by atoms with E-state index in [1.807, 2.05) is 0 Å². The van der Waals surface area contributed by atoms with E-state index in [1.165, 1.54) is 75.3 Å². The van der Waals surface area contributed by atoms with Crippen LogP contribution in [0.2, 0.25) is 0 Å². The van der Waals surface area contributed by atoms with Gasteiger partial charge in [-0.15, -0.1) is 0 Å². The van der Waals surface area contributed by atoms with Crippen molar-refractivity contribution in [2.24, 2.45) is 0 Å². The number of rotatable bonds is 13. The molecule has 0 unspecified atom stereocenters. The van der Waals surface area contributed by atoms with Crippen LogP contribution in [-0.4, -0.2) is 0 Å². The Morgan fingerprint density at radius 2 is 0.893 bits per heavy atom. The van der Waals surface area contributed by atoms with Crippen LogP contribution in [0.3, 0.4) is 0 Å². The zero-order chi connectivity index (χ0) is 20.2. The second-order valence-electron chi connectivity index (χ2n) is 8.18. The highest BCUT2D eigenvalue weighted by Crippen LogP contribution is 2.11. The molecule has 4 heteroatoms. The third-order valence-corrected chi connectivity index (χ3v) is 5.50. The molecule has 0 amide bonds. The smallest absolute Gasteiger partial charge is 0.272 e. The summed E-state index contributed by atoms with van der Waals surface area (Å²) in [6.07, 6.45) is 17.4. The van der Waals surface area contributed by atoms with E-state index < -0.39 is 0 Å². The Morgan fingerprint density at radius 1 is 0.571 bits per heavy atom. The molecule has 0 saturated heterocycles. The highest BCUT2D eigenvalue weighted by Gasteiger charge is 2.04. The predicted octanol–water partition coefficient (Wildman–Crippen LogP) is 4.64. The normalized spacial score (nSPS) is 11.1. The largest absolute Gasteiger partial charge is 0.287 e. The summed E-state index contributed by atoms with van der Waals surface area (Å²) in [5, 5.41) is 0. The van der Waals surface area contributed by atoms with Crippen molar-refractivity contribution in [2.45, 2.75) is 91.1 Å². The lowest BCUT2D eigenvalue weighted by Crippen LogP contribution is -2.36. The van der Waals surface area contributed by atoms with Gasteiger partial charge in [0.1, 0.15) is 0 Å². The van der Waals surface area contributed by atoms with Gasteiger partial charge in [-0.2, -0.15) is 0 Å². The van der Waals surface area contributed by atoms with E-state index in [2.05, 4.69) is 59.6 Å². The number of nitrogen functional groups attached to an aromatic ring is 2. The first-order chi connectivity index (χ1) is 13.6. The maximum absolute atomic E-state index is 6.05. The first-order valence-electron chi connectivity index (χ1n) is 11.1. The van der Waals surface area contributed by atoms with Gasteiger partial charge in [0.05, 0.1) is 25.5 Å². The quantitative estimate of drug-likeness (QED) is 0.390. The molecule has 0 aromatic carbocycles. The van der Waals surface area contributed by atoms with Gasteiger partial charge in [0.15, 0.2) is 0 Å². The molecule has 0 fully saturated rings. The number of hydrogen-bond donors (Lipinski definition) is 2. The fourth-order valence-electron chi connectivity index (χ4n) is 3.70. The molecular formula is C24H40N4+2. The van der Waals surface area contributed by atoms with Gasteiger partial charge in [0.2, 0.25) is 0 Å². The summed E-state index contributed by atoms with van der Waals surface area (Å²) < 4.78 is 4.32. The number of aromatic nitrogens is 2. The van der Waals surface area contributed by atoms with E-state index >= 15 is 0 Å². The van der Waals surface area contributed by atoms with Crippen molar-refractivity contribution in [2.75, 3.05) is 11.5 Å². The Balaban J connectivity index is 1.40. The van der Waals surface area contributed by atoms with Crippen LogP contribution in [0.5, 0.6) is 0 Å². The van der Waals surface area contributed by atoms with Crippen molar-refractivity contribution in [1.29, 1.82) is 0 Å². The predicted molar refractivity (Wildman–Crippen MR) is 118 cm³/mol. The molecule has 0 atom stereocenters. The van der Waals surface area contributed by atoms with Gasteiger partial charge < -0.3 is 0 Å². The summed E-state index contributed by atoms with van der Waals surface area (Å²) in [6, 6.07) is 8.36. The molecule has 0 saturated carbocycles. The first-order valence-corrected chi connectivity index (χ1v) is 11.1. The van der Waals surface area contributed by atoms with E-state index in [4.69, 9.17) is 11.5 Å². The highest BCUT2D eigenvalue weighted by atomic mass is 15.0. The van der Waals surface area contributed by atoms with Gasteiger partial charge in [-0.05, 0) is 62.8 Å². The van der Waals surface area contributed by atoms with Crippen molar-refractivity contribution < 1.29 is 9.13 Å². The van der Waals surface area contributed by atoms with Crippen molar-refractivity contribution >= 4 is 11.6 Å². The monoisotopic (exact) mass is 384 g/mol. The lowest BCUT2D eigenvalue weighted by atomic mass is 10.1. The Bertz CT molecular complexity index is 650. The molecule has 2 rings (SSSR count). The van der Waals surface area contributed by atoms with Gasteiger partial charge in [-0.1, -0.05) is 38.5 Å². The van der Waals surface area contributed by atoms with Crippen LogP contribution in [0.15, 0.2) is 36.7 Å². The molecule has 0 bridgehead atoms. The molecule has 0 aliphatic carbocycles. The van der Waals surface area contributed by atoms with E-state index in [1.54, 1.807) is 0 Å². The summed E-state index contributed by atoms with van der Waals surface area (Å²) >= 11 is 0. The maximum atomic E-state index is 6.05. The van der Waals surface area contributed by atoms with Crippen molar-refractivity contribution in [3.8, 4) is 0 Å². The molecule has 2 aromatic rings. The fourth-order valence-corrected chi connectivity index (χ4v) is 3.70. The molecular weight excluding hydrogens is 344 g/mol. The third kappa shape index (κ3) is 8.28. The topological polar surface area (TPSA) is 59.8 Å². The number of aryl methyl sites for hydroxylation is 4. The van der Waals surface area contributed by atoms with E-state index in [9.17, 15) is 0 Å². The Labute approximate surface area is 171 Å². The maximum Gasteiger partial charge on any atom is 0.272 e. The second kappa shape index (κ2) is 12.4. The average Bonchev–Trinajstić information content (AvgIpc) is 2.65. The summed E-state index contributed by atoms with van der Waals surface area (Å²) in [5.41, 5.74) is 14.6. The van der Waals surface area contributed by atoms with E-state index in [-0.39, 0.29) is 0 Å². The molecule has 2 heterocycles. The van der Waals surface area contributed by atoms with Crippen LogP contribution in [0.1, 0.15) is 75.3 Å². The minimum absolute atomic E-state index is 0.878. The zero-order valence-electron chi connectivity index (χ0n) is 18.0. The van der Waals surface area contributed by atoms with Crippen molar-refractivity contribution in [3.63, 3.8) is 0 Å². The molecule has 0 radical (unpaired) electrons. The number of nitrogens with zero attached hydrogens (tertiary/aromatic N) is 2. The number of nitrogens with two attached hydrogens (primary N) is 2. The summed E-state index contributed by atoms with van der Waals surface area (Å²) in [7, 11) is 0. The first kappa shape index (κ1) is 22.2. The fraction of sp³-hybridized carbons (Fsp3) is 0.583. The van der Waals surface area contributed by atoms with Crippen molar-refractivity contribution in [3.05, 3.63) is 47.8 Å². The minimum Gasteiger partial charge on any atom is -0.287 e. The van der Waals surface area contributed by atoms with Crippen LogP contribution in [0.25, 0.3) is 0 Å². The molecule has 2 aromatic heterocycles. The van der Waals surface area contributed by atoms with Crippen LogP contribution >= 0.6 is 0 Å². The lowest BCUT2D eigenvalue weighted by Gasteiger charge is -2.05. The Hall–Kier alpha value is -2.10. The van der Waals surface area contributed by atoms with Crippen LogP contribution in [-0.2, 0) is 13.1 Å². The van der Waals surface area contributed by atoms with Crippen molar-refractivity contribution in [1.82, 2.24) is 0 Å². The Kier molecular flexibility index (Phi) is 9.81. The summed E-state index contributed by atoms with van der Waals surface area (Å²) in [6.45, 7) is 6.24. The Morgan fingerprint density at radius 3 is 1.21 bits per heavy atom. The summed E-state index contributed by atoms with van der Waals surface area (Å²) in [5.74, 6) is 1.76. The van der Waals surface area contributed by atoms with Gasteiger partial charge in [0, 0.05) is 12.1 Å². The lowest BCUT2D eigenvalue weighted by molar-refractivity contribution is -0.683. The highest BCUT2D eigenvalue weighted by molar-refractivity contribution is 5.25. The standard InChI is InChI=1S/C24H38N4/c1-21-13-17-27(23(25)19-21)15-11-9-7-5-3-4-6-8-10-12-16-28-18-14-22(2)20-24(28)26/h13-14,17-20,25-26H,3-12,15-16H2,1-2H3/p+2. The van der Waals surface area contributed by atoms with Crippen LogP contribution in [0.4, 0.5) is 11.6 Å². The number of pyridine rings is 2. The second-order valence-corrected chi connectivity index (χ2v) is 8.18. The van der Waals surface area contributed by atoms with Gasteiger partial charge in [0.25, 0.3) is 11.6 Å². The summed E-state index contributed by atoms with van der Waals surface area (Å²) in [4.78, 5) is 0. The van der Waals surface area contributed by atoms with Gasteiger partial charge in [-0.25, -0.2) is 9.13 Å². The molecule has 28 heavy (non-hydrogen) atoms. The number of hydrogen-bond acceptors (Lipinski definition) is 2.